The number of amides is 2. The lowest BCUT2D eigenvalue weighted by Crippen LogP contribution is -2.38. The zero-order valence-corrected chi connectivity index (χ0v) is 22.0. The first-order valence-corrected chi connectivity index (χ1v) is 12.9. The number of fused-ring (bicyclic) bond motifs is 1. The normalized spacial score (nSPS) is 14.3. The van der Waals surface area contributed by atoms with Gasteiger partial charge in [-0.2, -0.15) is 0 Å². The van der Waals surface area contributed by atoms with Crippen molar-refractivity contribution in [3.8, 4) is 5.75 Å². The lowest BCUT2D eigenvalue weighted by atomic mass is 9.89. The van der Waals surface area contributed by atoms with Crippen molar-refractivity contribution < 1.29 is 14.3 Å². The van der Waals surface area contributed by atoms with E-state index in [1.54, 1.807) is 25.7 Å². The molecule has 2 aromatic carbocycles. The van der Waals surface area contributed by atoms with Crippen LogP contribution in [0.15, 0.2) is 83.9 Å². The third-order valence-electron chi connectivity index (χ3n) is 6.69. The van der Waals surface area contributed by atoms with Gasteiger partial charge in [-0.25, -0.2) is 4.98 Å². The number of nitrogens with one attached hydrogen (secondary N) is 1. The number of hydrogen-bond donors (Lipinski definition) is 1. The molecule has 0 aliphatic carbocycles. The summed E-state index contributed by atoms with van der Waals surface area (Å²) in [5.41, 5.74) is 4.42. The standard InChI is InChI=1S/C29H27BrN4O3/c1-37-27-10-6-24(30)16-22(27)5-11-28(35)32-25-7-2-20(3-8-25)21-12-14-33(15-13-21)29(36)23-4-9-26-17-31-19-34(26)18-23/h2-11,16-19,21H,12-15H2,1H3,(H,32,35)/b11-5+. The van der Waals surface area contributed by atoms with Gasteiger partial charge in [0.1, 0.15) is 5.75 Å². The Morgan fingerprint density at radius 1 is 1.08 bits per heavy atom. The summed E-state index contributed by atoms with van der Waals surface area (Å²) in [6.07, 6.45) is 10.4. The van der Waals surface area contributed by atoms with Crippen molar-refractivity contribution in [1.29, 1.82) is 0 Å². The average Bonchev–Trinajstić information content (AvgIpc) is 3.40. The van der Waals surface area contributed by atoms with E-state index in [2.05, 4.69) is 38.4 Å². The maximum Gasteiger partial charge on any atom is 0.255 e. The minimum absolute atomic E-state index is 0.0562. The molecule has 0 unspecified atom stereocenters. The maximum atomic E-state index is 13.0. The first-order valence-electron chi connectivity index (χ1n) is 12.1. The summed E-state index contributed by atoms with van der Waals surface area (Å²) in [5.74, 6) is 0.925. The van der Waals surface area contributed by atoms with Gasteiger partial charge in [0.25, 0.3) is 5.91 Å². The number of carbonyl (C=O) groups is 2. The minimum Gasteiger partial charge on any atom is -0.496 e. The molecule has 0 atom stereocenters. The van der Waals surface area contributed by atoms with E-state index < -0.39 is 0 Å². The third kappa shape index (κ3) is 5.75. The molecule has 1 N–H and O–H groups in total. The number of likely N-dealkylation sites (tertiary alicyclic amines) is 1. The number of aromatic nitrogens is 2. The predicted octanol–water partition coefficient (Wildman–Crippen LogP) is 5.78. The second kappa shape index (κ2) is 11.0. The van der Waals surface area contributed by atoms with Gasteiger partial charge in [-0.15, -0.1) is 0 Å². The topological polar surface area (TPSA) is 75.9 Å². The number of imidazole rings is 1. The zero-order chi connectivity index (χ0) is 25.8. The Hall–Kier alpha value is -3.91. The number of rotatable bonds is 6. The molecule has 2 amide bonds. The van der Waals surface area contributed by atoms with Gasteiger partial charge < -0.3 is 19.4 Å². The quantitative estimate of drug-likeness (QED) is 0.304. The van der Waals surface area contributed by atoms with Crippen LogP contribution in [0.2, 0.25) is 0 Å². The molecule has 0 spiro atoms. The van der Waals surface area contributed by atoms with Gasteiger partial charge in [-0.3, -0.25) is 9.59 Å². The van der Waals surface area contributed by atoms with Crippen LogP contribution in [0.3, 0.4) is 0 Å². The predicted molar refractivity (Wildman–Crippen MR) is 148 cm³/mol. The summed E-state index contributed by atoms with van der Waals surface area (Å²) in [7, 11) is 1.60. The summed E-state index contributed by atoms with van der Waals surface area (Å²) in [4.78, 5) is 31.5. The Kier molecular flexibility index (Phi) is 7.37. The molecule has 3 heterocycles. The summed E-state index contributed by atoms with van der Waals surface area (Å²) in [5, 5.41) is 2.91. The van der Waals surface area contributed by atoms with Crippen LogP contribution in [-0.4, -0.2) is 46.3 Å². The number of pyridine rings is 1. The molecule has 4 aromatic rings. The Morgan fingerprint density at radius 2 is 1.86 bits per heavy atom. The highest BCUT2D eigenvalue weighted by Gasteiger charge is 2.25. The molecule has 37 heavy (non-hydrogen) atoms. The van der Waals surface area contributed by atoms with Gasteiger partial charge in [-0.1, -0.05) is 28.1 Å². The Bertz CT molecular complexity index is 1450. The number of ether oxygens (including phenoxy) is 1. The van der Waals surface area contributed by atoms with E-state index in [4.69, 9.17) is 4.74 Å². The van der Waals surface area contributed by atoms with Gasteiger partial charge in [0, 0.05) is 41.1 Å². The van der Waals surface area contributed by atoms with E-state index in [-0.39, 0.29) is 11.8 Å². The van der Waals surface area contributed by atoms with Crippen molar-refractivity contribution in [3.63, 3.8) is 0 Å². The number of halogens is 1. The number of benzene rings is 2. The lowest BCUT2D eigenvalue weighted by Gasteiger charge is -2.32. The van der Waals surface area contributed by atoms with Crippen LogP contribution in [0.25, 0.3) is 11.6 Å². The minimum atomic E-state index is -0.213. The molecule has 188 valence electrons. The van der Waals surface area contributed by atoms with Crippen LogP contribution < -0.4 is 10.1 Å². The first kappa shape index (κ1) is 24.8. The van der Waals surface area contributed by atoms with E-state index in [0.29, 0.717) is 30.3 Å². The Balaban J connectivity index is 1.15. The summed E-state index contributed by atoms with van der Waals surface area (Å²) in [6.45, 7) is 1.43. The van der Waals surface area contributed by atoms with Crippen molar-refractivity contribution >= 4 is 45.0 Å². The molecule has 7 nitrogen and oxygen atoms in total. The van der Waals surface area contributed by atoms with Crippen molar-refractivity contribution in [2.75, 3.05) is 25.5 Å². The fourth-order valence-corrected chi connectivity index (χ4v) is 5.05. The molecule has 2 aromatic heterocycles. The molecule has 8 heteroatoms. The average molecular weight is 559 g/mol. The second-order valence-electron chi connectivity index (χ2n) is 9.04. The van der Waals surface area contributed by atoms with Gasteiger partial charge >= 0.3 is 0 Å². The molecule has 0 radical (unpaired) electrons. The summed E-state index contributed by atoms with van der Waals surface area (Å²) < 4.78 is 8.13. The van der Waals surface area contributed by atoms with Crippen molar-refractivity contribution in [2.45, 2.75) is 18.8 Å². The number of hydrogen-bond acceptors (Lipinski definition) is 4. The molecular formula is C29H27BrN4O3. The van der Waals surface area contributed by atoms with Crippen LogP contribution in [0, 0.1) is 0 Å². The van der Waals surface area contributed by atoms with Crippen molar-refractivity contribution in [1.82, 2.24) is 14.3 Å². The maximum absolute atomic E-state index is 13.0. The van der Waals surface area contributed by atoms with E-state index in [0.717, 1.165) is 34.1 Å². The van der Waals surface area contributed by atoms with E-state index in [1.807, 2.05) is 58.0 Å². The Morgan fingerprint density at radius 3 is 2.62 bits per heavy atom. The number of carbonyl (C=O) groups excluding carboxylic acids is 2. The molecular weight excluding hydrogens is 532 g/mol. The number of piperidine rings is 1. The van der Waals surface area contributed by atoms with Gasteiger partial charge in [0.15, 0.2) is 0 Å². The monoisotopic (exact) mass is 558 g/mol. The lowest BCUT2D eigenvalue weighted by molar-refractivity contribution is -0.111. The summed E-state index contributed by atoms with van der Waals surface area (Å²) >= 11 is 3.44. The highest BCUT2D eigenvalue weighted by Crippen LogP contribution is 2.30. The van der Waals surface area contributed by atoms with Crippen LogP contribution in [0.4, 0.5) is 5.69 Å². The number of anilines is 1. The molecule has 1 fully saturated rings. The van der Waals surface area contributed by atoms with Gasteiger partial charge in [-0.05, 0) is 72.9 Å². The molecule has 1 aliphatic heterocycles. The van der Waals surface area contributed by atoms with Gasteiger partial charge in [0.2, 0.25) is 5.91 Å². The van der Waals surface area contributed by atoms with Crippen LogP contribution in [-0.2, 0) is 4.79 Å². The molecule has 0 bridgehead atoms. The Labute approximate surface area is 223 Å². The highest BCUT2D eigenvalue weighted by molar-refractivity contribution is 9.10. The fourth-order valence-electron chi connectivity index (χ4n) is 4.67. The van der Waals surface area contributed by atoms with Crippen LogP contribution in [0.1, 0.15) is 40.2 Å². The largest absolute Gasteiger partial charge is 0.496 e. The summed E-state index contributed by atoms with van der Waals surface area (Å²) in [6, 6.07) is 17.4. The van der Waals surface area contributed by atoms with E-state index in [9.17, 15) is 9.59 Å². The molecule has 5 rings (SSSR count). The van der Waals surface area contributed by atoms with Crippen LogP contribution >= 0.6 is 15.9 Å². The molecule has 1 aliphatic rings. The van der Waals surface area contributed by atoms with Gasteiger partial charge in [0.05, 0.1) is 30.7 Å². The smallest absolute Gasteiger partial charge is 0.255 e. The molecule has 1 saturated heterocycles. The first-order chi connectivity index (χ1) is 18.0. The third-order valence-corrected chi connectivity index (χ3v) is 7.19. The number of methoxy groups -OCH3 is 1. The highest BCUT2D eigenvalue weighted by atomic mass is 79.9. The SMILES string of the molecule is COc1ccc(Br)cc1/C=C/C(=O)Nc1ccc(C2CCN(C(=O)c3ccc4cncn4c3)CC2)cc1. The fraction of sp³-hybridized carbons (Fsp3) is 0.207. The van der Waals surface area contributed by atoms with Crippen molar-refractivity contribution in [3.05, 3.63) is 101 Å². The van der Waals surface area contributed by atoms with Crippen molar-refractivity contribution in [2.24, 2.45) is 0 Å². The second-order valence-corrected chi connectivity index (χ2v) is 9.96. The van der Waals surface area contributed by atoms with E-state index in [1.165, 1.54) is 11.6 Å². The van der Waals surface area contributed by atoms with Crippen LogP contribution in [0.5, 0.6) is 5.75 Å². The molecule has 0 saturated carbocycles. The zero-order valence-electron chi connectivity index (χ0n) is 20.4. The number of nitrogens with zero attached hydrogens (tertiary/aromatic N) is 3. The van der Waals surface area contributed by atoms with E-state index >= 15 is 0 Å².